The van der Waals surface area contributed by atoms with Crippen LogP contribution in [0.4, 0.5) is 0 Å². The van der Waals surface area contributed by atoms with E-state index in [4.69, 9.17) is 0 Å². The van der Waals surface area contributed by atoms with E-state index in [1.165, 1.54) is 38.5 Å². The van der Waals surface area contributed by atoms with Gasteiger partial charge in [0.2, 0.25) is 5.70 Å². The first-order valence-electron chi connectivity index (χ1n) is 9.29. The van der Waals surface area contributed by atoms with E-state index >= 15 is 0 Å². The number of unbranched alkanes of at least 4 members (excludes halogenated alkanes) is 8. The molecule has 0 aromatic rings. The van der Waals surface area contributed by atoms with Gasteiger partial charge in [-0.15, -0.1) is 0 Å². The summed E-state index contributed by atoms with van der Waals surface area (Å²) >= 11 is 0. The number of hydrogen-bond acceptors (Lipinski definition) is 3. The quantitative estimate of drug-likeness (QED) is 0.112. The molecule has 0 heterocycles. The zero-order chi connectivity index (χ0) is 17.9. The molecule has 4 heteroatoms. The van der Waals surface area contributed by atoms with Crippen LogP contribution in [0.2, 0.25) is 0 Å². The summed E-state index contributed by atoms with van der Waals surface area (Å²) in [6.45, 7) is 2.22. The summed E-state index contributed by atoms with van der Waals surface area (Å²) in [4.78, 5) is 20.9. The molecule has 0 aromatic heterocycles. The van der Waals surface area contributed by atoms with Gasteiger partial charge in [-0.1, -0.05) is 63.3 Å². The predicted octanol–water partition coefficient (Wildman–Crippen LogP) is 6.16. The second-order valence-electron chi connectivity index (χ2n) is 5.99. The van der Waals surface area contributed by atoms with Crippen molar-refractivity contribution in [1.29, 1.82) is 0 Å². The number of carbonyl (C=O) groups excluding carboxylic acids is 1. The fraction of sp³-hybridized carbons (Fsp3) is 0.650. The summed E-state index contributed by atoms with van der Waals surface area (Å²) in [6, 6.07) is 0. The molecule has 0 aliphatic heterocycles. The van der Waals surface area contributed by atoms with Crippen molar-refractivity contribution >= 4 is 6.29 Å². The highest BCUT2D eigenvalue weighted by Crippen LogP contribution is 2.09. The lowest BCUT2D eigenvalue weighted by Gasteiger charge is -1.97. The van der Waals surface area contributed by atoms with Gasteiger partial charge in [0.1, 0.15) is 6.29 Å². The van der Waals surface area contributed by atoms with E-state index in [-0.39, 0.29) is 10.6 Å². The molecular weight excluding hydrogens is 302 g/mol. The summed E-state index contributed by atoms with van der Waals surface area (Å²) in [5, 5.41) is 11.0. The molecule has 4 nitrogen and oxygen atoms in total. The van der Waals surface area contributed by atoms with E-state index in [1.54, 1.807) is 6.08 Å². The number of nitro groups is 1. The normalized spacial score (nSPS) is 12.3. The second kappa shape index (κ2) is 17.6. The third-order valence-electron chi connectivity index (χ3n) is 3.80. The minimum Gasteiger partial charge on any atom is -0.303 e. The minimum atomic E-state index is -0.308. The van der Waals surface area contributed by atoms with Gasteiger partial charge < -0.3 is 4.79 Å². The predicted molar refractivity (Wildman–Crippen MR) is 100 cm³/mol. The lowest BCUT2D eigenvalue weighted by atomic mass is 10.1. The van der Waals surface area contributed by atoms with Crippen LogP contribution in [0.3, 0.4) is 0 Å². The zero-order valence-corrected chi connectivity index (χ0v) is 15.1. The summed E-state index contributed by atoms with van der Waals surface area (Å²) in [5.41, 5.74) is 0.242. The minimum absolute atomic E-state index is 0.242. The standard InChI is InChI=1S/C20H33NO3/c1-2-3-4-5-6-7-8-9-11-14-17-20(21(23)24)18-15-12-10-13-16-19-22/h9,11-12,15,17,19H,2-8,10,13-14,16,18H2,1H3/b11-9-,15-12-,20-17+. The molecule has 0 unspecified atom stereocenters. The van der Waals surface area contributed by atoms with Crippen molar-refractivity contribution in [2.45, 2.75) is 84.0 Å². The highest BCUT2D eigenvalue weighted by molar-refractivity contribution is 5.49. The van der Waals surface area contributed by atoms with E-state index in [9.17, 15) is 14.9 Å². The molecule has 0 atom stereocenters. The van der Waals surface area contributed by atoms with Crippen molar-refractivity contribution in [3.8, 4) is 0 Å². The maximum absolute atomic E-state index is 11.0. The largest absolute Gasteiger partial charge is 0.303 e. The molecule has 0 saturated carbocycles. The van der Waals surface area contributed by atoms with Crippen LogP contribution in [0.1, 0.15) is 84.0 Å². The summed E-state index contributed by atoms with van der Waals surface area (Å²) in [7, 11) is 0. The molecule has 0 aliphatic carbocycles. The number of hydrogen-bond donors (Lipinski definition) is 0. The van der Waals surface area contributed by atoms with Gasteiger partial charge in [-0.05, 0) is 38.2 Å². The lowest BCUT2D eigenvalue weighted by molar-refractivity contribution is -0.427. The van der Waals surface area contributed by atoms with Crippen molar-refractivity contribution in [3.63, 3.8) is 0 Å². The Morgan fingerprint density at radius 2 is 1.54 bits per heavy atom. The third-order valence-corrected chi connectivity index (χ3v) is 3.80. The molecule has 0 fully saturated rings. The first-order valence-corrected chi connectivity index (χ1v) is 9.29. The summed E-state index contributed by atoms with van der Waals surface area (Å²) < 4.78 is 0. The maximum atomic E-state index is 11.0. The van der Waals surface area contributed by atoms with E-state index < -0.39 is 0 Å². The Kier molecular flexibility index (Phi) is 16.4. The van der Waals surface area contributed by atoms with Crippen LogP contribution in [-0.4, -0.2) is 11.2 Å². The number of aldehydes is 1. The van der Waals surface area contributed by atoms with Crippen LogP contribution in [0, 0.1) is 10.1 Å². The van der Waals surface area contributed by atoms with Crippen LogP contribution in [-0.2, 0) is 4.79 Å². The first kappa shape index (κ1) is 22.3. The molecule has 0 N–H and O–H groups in total. The molecule has 136 valence electrons. The maximum Gasteiger partial charge on any atom is 0.246 e. The van der Waals surface area contributed by atoms with E-state index in [0.29, 0.717) is 19.3 Å². The molecule has 0 rings (SSSR count). The Morgan fingerprint density at radius 3 is 2.25 bits per heavy atom. The van der Waals surface area contributed by atoms with Crippen LogP contribution >= 0.6 is 0 Å². The van der Waals surface area contributed by atoms with Gasteiger partial charge in [0.15, 0.2) is 0 Å². The van der Waals surface area contributed by atoms with Crippen LogP contribution < -0.4 is 0 Å². The van der Waals surface area contributed by atoms with Gasteiger partial charge in [0.05, 0.1) is 11.3 Å². The van der Waals surface area contributed by atoms with Gasteiger partial charge in [-0.2, -0.15) is 0 Å². The van der Waals surface area contributed by atoms with E-state index in [2.05, 4.69) is 13.0 Å². The van der Waals surface area contributed by atoms with Gasteiger partial charge in [-0.3, -0.25) is 10.1 Å². The molecule has 0 aliphatic rings. The molecular formula is C20H33NO3. The fourth-order valence-corrected chi connectivity index (χ4v) is 2.33. The first-order chi connectivity index (χ1) is 11.7. The Balaban J connectivity index is 3.88. The van der Waals surface area contributed by atoms with Crippen LogP contribution in [0.25, 0.3) is 0 Å². The summed E-state index contributed by atoms with van der Waals surface area (Å²) in [6.07, 6.45) is 22.4. The SMILES string of the molecule is CCCCCCCC/C=C\C/C=C(\C/C=C\CCCC=O)[N+](=O)[O-]. The monoisotopic (exact) mass is 335 g/mol. The summed E-state index contributed by atoms with van der Waals surface area (Å²) in [5.74, 6) is 0. The van der Waals surface area contributed by atoms with Crippen LogP contribution in [0.5, 0.6) is 0 Å². The molecule has 0 bridgehead atoms. The lowest BCUT2D eigenvalue weighted by Crippen LogP contribution is -1.97. The average molecular weight is 335 g/mol. The highest BCUT2D eigenvalue weighted by atomic mass is 16.6. The Hall–Kier alpha value is -1.71. The molecule has 0 spiro atoms. The fourth-order valence-electron chi connectivity index (χ4n) is 2.33. The van der Waals surface area contributed by atoms with E-state index in [1.807, 2.05) is 18.2 Å². The van der Waals surface area contributed by atoms with Gasteiger partial charge >= 0.3 is 0 Å². The number of allylic oxidation sites excluding steroid dienone is 5. The smallest absolute Gasteiger partial charge is 0.246 e. The van der Waals surface area contributed by atoms with Crippen molar-refractivity contribution in [1.82, 2.24) is 0 Å². The molecule has 0 radical (unpaired) electrons. The van der Waals surface area contributed by atoms with Crippen molar-refractivity contribution in [2.24, 2.45) is 0 Å². The van der Waals surface area contributed by atoms with Gasteiger partial charge in [-0.25, -0.2) is 0 Å². The molecule has 0 amide bonds. The highest BCUT2D eigenvalue weighted by Gasteiger charge is 2.06. The topological polar surface area (TPSA) is 60.2 Å². The third kappa shape index (κ3) is 15.2. The average Bonchev–Trinajstić information content (AvgIpc) is 2.57. The van der Waals surface area contributed by atoms with Crippen molar-refractivity contribution < 1.29 is 9.72 Å². The van der Waals surface area contributed by atoms with Gasteiger partial charge in [0.25, 0.3) is 0 Å². The molecule has 0 saturated heterocycles. The van der Waals surface area contributed by atoms with Crippen LogP contribution in [0.15, 0.2) is 36.1 Å². The molecule has 24 heavy (non-hydrogen) atoms. The Labute approximate surface area is 146 Å². The number of rotatable bonds is 16. The van der Waals surface area contributed by atoms with Crippen molar-refractivity contribution in [3.05, 3.63) is 46.2 Å². The second-order valence-corrected chi connectivity index (χ2v) is 5.99. The Morgan fingerprint density at radius 1 is 0.875 bits per heavy atom. The zero-order valence-electron chi connectivity index (χ0n) is 15.1. The number of nitrogens with zero attached hydrogens (tertiary/aromatic N) is 1. The number of carbonyl (C=O) groups is 1. The van der Waals surface area contributed by atoms with E-state index in [0.717, 1.165) is 25.5 Å². The van der Waals surface area contributed by atoms with Crippen molar-refractivity contribution in [2.75, 3.05) is 0 Å². The Bertz CT molecular complexity index is 411. The molecule has 0 aromatic carbocycles. The van der Waals surface area contributed by atoms with Gasteiger partial charge in [0, 0.05) is 6.42 Å².